The molecule has 7 heteroatoms. The molecule has 0 aliphatic carbocycles. The van der Waals surface area contributed by atoms with E-state index in [9.17, 15) is 4.79 Å². The summed E-state index contributed by atoms with van der Waals surface area (Å²) in [6, 6.07) is 9.72. The van der Waals surface area contributed by atoms with E-state index in [-0.39, 0.29) is 11.8 Å². The summed E-state index contributed by atoms with van der Waals surface area (Å²) in [5.41, 5.74) is 1.82. The van der Waals surface area contributed by atoms with Crippen LogP contribution in [0.2, 0.25) is 0 Å². The molecule has 1 fully saturated rings. The number of aryl methyl sites for hydroxylation is 3. The summed E-state index contributed by atoms with van der Waals surface area (Å²) >= 11 is 0. The second kappa shape index (κ2) is 6.98. The summed E-state index contributed by atoms with van der Waals surface area (Å²) < 4.78 is 3.69. The fraction of sp³-hybridized carbons (Fsp3) is 0.400. The lowest BCUT2D eigenvalue weighted by molar-refractivity contribution is 0.0710. The van der Waals surface area contributed by atoms with Crippen LogP contribution in [0.1, 0.15) is 46.3 Å². The number of amides is 1. The van der Waals surface area contributed by atoms with Crippen LogP contribution < -0.4 is 0 Å². The van der Waals surface area contributed by atoms with Gasteiger partial charge in [0.1, 0.15) is 11.6 Å². The molecular formula is C20H24N6O. The molecule has 0 radical (unpaired) electrons. The van der Waals surface area contributed by atoms with E-state index in [1.54, 1.807) is 10.9 Å². The molecule has 0 N–H and O–H groups in total. The Morgan fingerprint density at radius 1 is 1.11 bits per heavy atom. The Balaban J connectivity index is 1.51. The zero-order chi connectivity index (χ0) is 19.0. The first-order chi connectivity index (χ1) is 13.0. The molecule has 2 aromatic heterocycles. The van der Waals surface area contributed by atoms with Gasteiger partial charge in [0.05, 0.1) is 6.20 Å². The van der Waals surface area contributed by atoms with Gasteiger partial charge in [-0.05, 0) is 38.3 Å². The molecule has 4 rings (SSSR count). The number of hydrogen-bond acceptors (Lipinski definition) is 4. The number of hydrogen-bond donors (Lipinski definition) is 0. The third kappa shape index (κ3) is 3.25. The number of rotatable bonds is 3. The largest absolute Gasteiger partial charge is 0.339 e. The van der Waals surface area contributed by atoms with Gasteiger partial charge in [-0.15, -0.1) is 5.10 Å². The van der Waals surface area contributed by atoms with E-state index >= 15 is 0 Å². The minimum Gasteiger partial charge on any atom is -0.339 e. The Bertz CT molecular complexity index is 965. The third-order valence-electron chi connectivity index (χ3n) is 5.27. The third-order valence-corrected chi connectivity index (χ3v) is 5.27. The minimum atomic E-state index is 0.121. The van der Waals surface area contributed by atoms with Crippen LogP contribution in [0.25, 0.3) is 5.82 Å². The Kier molecular flexibility index (Phi) is 4.51. The van der Waals surface area contributed by atoms with Gasteiger partial charge >= 0.3 is 0 Å². The quantitative estimate of drug-likeness (QED) is 0.716. The number of benzene rings is 1. The molecule has 3 aromatic rings. The predicted molar refractivity (Wildman–Crippen MR) is 102 cm³/mol. The number of likely N-dealkylation sites (tertiary alicyclic amines) is 1. The molecule has 0 bridgehead atoms. The number of nitrogens with zero attached hydrogens (tertiary/aromatic N) is 6. The topological polar surface area (TPSA) is 68.8 Å². The van der Waals surface area contributed by atoms with Crippen molar-refractivity contribution >= 4 is 5.91 Å². The summed E-state index contributed by atoms with van der Waals surface area (Å²) in [6.07, 6.45) is 3.53. The molecule has 0 spiro atoms. The Morgan fingerprint density at radius 3 is 2.52 bits per heavy atom. The average molecular weight is 364 g/mol. The molecule has 7 nitrogen and oxygen atoms in total. The first-order valence-electron chi connectivity index (χ1n) is 9.31. The van der Waals surface area contributed by atoms with Crippen LogP contribution in [-0.4, -0.2) is 48.4 Å². The molecule has 1 aromatic carbocycles. The van der Waals surface area contributed by atoms with Crippen molar-refractivity contribution < 1.29 is 4.79 Å². The van der Waals surface area contributed by atoms with Crippen molar-refractivity contribution in [1.82, 2.24) is 29.4 Å². The maximum Gasteiger partial charge on any atom is 0.254 e. The number of aromatic nitrogens is 5. The van der Waals surface area contributed by atoms with E-state index < -0.39 is 0 Å². The van der Waals surface area contributed by atoms with Crippen molar-refractivity contribution in [2.45, 2.75) is 32.6 Å². The highest BCUT2D eigenvalue weighted by molar-refractivity contribution is 5.95. The molecule has 3 heterocycles. The van der Waals surface area contributed by atoms with Gasteiger partial charge in [0.25, 0.3) is 5.91 Å². The molecule has 0 saturated carbocycles. The Labute approximate surface area is 158 Å². The summed E-state index contributed by atoms with van der Waals surface area (Å²) in [7, 11) is 1.90. The second-order valence-corrected chi connectivity index (χ2v) is 7.12. The summed E-state index contributed by atoms with van der Waals surface area (Å²) in [5.74, 6) is 3.02. The van der Waals surface area contributed by atoms with E-state index in [0.29, 0.717) is 0 Å². The predicted octanol–water partition coefficient (Wildman–Crippen LogP) is 2.64. The van der Waals surface area contributed by atoms with Gasteiger partial charge in [-0.2, -0.15) is 9.78 Å². The SMILES string of the molecule is Cc1nc(C2CCN(C(=O)c3ccccc3C)CC2)n(-c2ccnn2C)n1. The lowest BCUT2D eigenvalue weighted by Crippen LogP contribution is -2.38. The van der Waals surface area contributed by atoms with E-state index in [0.717, 1.165) is 54.5 Å². The van der Waals surface area contributed by atoms with Gasteiger partial charge in [0.15, 0.2) is 5.82 Å². The highest BCUT2D eigenvalue weighted by atomic mass is 16.2. The molecule has 0 unspecified atom stereocenters. The average Bonchev–Trinajstić information content (AvgIpc) is 3.27. The Hall–Kier alpha value is -2.96. The van der Waals surface area contributed by atoms with Crippen molar-refractivity contribution in [3.05, 3.63) is 59.3 Å². The zero-order valence-electron chi connectivity index (χ0n) is 16.0. The van der Waals surface area contributed by atoms with Gasteiger partial charge in [-0.3, -0.25) is 9.48 Å². The highest BCUT2D eigenvalue weighted by Crippen LogP contribution is 2.29. The summed E-state index contributed by atoms with van der Waals surface area (Å²) in [4.78, 5) is 19.5. The smallest absolute Gasteiger partial charge is 0.254 e. The highest BCUT2D eigenvalue weighted by Gasteiger charge is 2.29. The molecule has 1 amide bonds. The summed E-state index contributed by atoms with van der Waals surface area (Å²) in [5, 5.41) is 8.81. The molecule has 1 aliphatic heterocycles. The summed E-state index contributed by atoms with van der Waals surface area (Å²) in [6.45, 7) is 5.36. The number of piperidine rings is 1. The minimum absolute atomic E-state index is 0.121. The lowest BCUT2D eigenvalue weighted by Gasteiger charge is -2.32. The van der Waals surface area contributed by atoms with Gasteiger partial charge in [0.2, 0.25) is 0 Å². The first-order valence-corrected chi connectivity index (χ1v) is 9.31. The van der Waals surface area contributed by atoms with Crippen LogP contribution in [0.15, 0.2) is 36.5 Å². The molecule has 1 aliphatic rings. The normalized spacial score (nSPS) is 15.3. The van der Waals surface area contributed by atoms with Crippen LogP contribution in [0, 0.1) is 13.8 Å². The van der Waals surface area contributed by atoms with Gasteiger partial charge in [0, 0.05) is 37.7 Å². The number of carbonyl (C=O) groups is 1. The van der Waals surface area contributed by atoms with Crippen molar-refractivity contribution in [2.75, 3.05) is 13.1 Å². The van der Waals surface area contributed by atoms with E-state index in [4.69, 9.17) is 0 Å². The maximum absolute atomic E-state index is 12.8. The lowest BCUT2D eigenvalue weighted by atomic mass is 9.95. The van der Waals surface area contributed by atoms with Gasteiger partial charge in [-0.1, -0.05) is 18.2 Å². The van der Waals surface area contributed by atoms with Crippen molar-refractivity contribution in [1.29, 1.82) is 0 Å². The van der Waals surface area contributed by atoms with Crippen LogP contribution in [0.3, 0.4) is 0 Å². The molecule has 140 valence electrons. The fourth-order valence-electron chi connectivity index (χ4n) is 3.76. The van der Waals surface area contributed by atoms with Crippen molar-refractivity contribution in [2.24, 2.45) is 7.05 Å². The van der Waals surface area contributed by atoms with Crippen molar-refractivity contribution in [3.8, 4) is 5.82 Å². The van der Waals surface area contributed by atoms with Gasteiger partial charge < -0.3 is 4.90 Å². The fourth-order valence-corrected chi connectivity index (χ4v) is 3.76. The van der Waals surface area contributed by atoms with E-state index in [1.165, 1.54) is 0 Å². The molecule has 0 atom stereocenters. The monoisotopic (exact) mass is 364 g/mol. The van der Waals surface area contributed by atoms with Crippen LogP contribution >= 0.6 is 0 Å². The van der Waals surface area contributed by atoms with Crippen molar-refractivity contribution in [3.63, 3.8) is 0 Å². The van der Waals surface area contributed by atoms with Gasteiger partial charge in [-0.25, -0.2) is 4.98 Å². The van der Waals surface area contributed by atoms with Crippen LogP contribution in [0.5, 0.6) is 0 Å². The number of carbonyl (C=O) groups excluding carboxylic acids is 1. The van der Waals surface area contributed by atoms with E-state index in [1.807, 2.05) is 60.8 Å². The molecule has 1 saturated heterocycles. The maximum atomic E-state index is 12.8. The molecular weight excluding hydrogens is 340 g/mol. The Morgan fingerprint density at radius 2 is 1.85 bits per heavy atom. The van der Waals surface area contributed by atoms with Crippen LogP contribution in [0.4, 0.5) is 0 Å². The first kappa shape index (κ1) is 17.5. The van der Waals surface area contributed by atoms with E-state index in [2.05, 4.69) is 15.2 Å². The van der Waals surface area contributed by atoms with Crippen LogP contribution in [-0.2, 0) is 7.05 Å². The standard InChI is InChI=1S/C20H24N6O/c1-14-6-4-5-7-17(14)20(27)25-12-9-16(10-13-25)19-22-15(2)23-26(19)18-8-11-21-24(18)3/h4-8,11,16H,9-10,12-13H2,1-3H3. The zero-order valence-corrected chi connectivity index (χ0v) is 16.0. The molecule has 27 heavy (non-hydrogen) atoms. The second-order valence-electron chi connectivity index (χ2n) is 7.12.